The van der Waals surface area contributed by atoms with E-state index in [-0.39, 0.29) is 0 Å². The second-order valence-corrected chi connectivity index (χ2v) is 5.26. The number of aryl methyl sites for hydroxylation is 1. The molecular formula is C15H22O. The largest absolute Gasteiger partial charge is 0.508 e. The van der Waals surface area contributed by atoms with Crippen LogP contribution in [0.4, 0.5) is 0 Å². The molecule has 1 N–H and O–H groups in total. The molecule has 1 atom stereocenters. The van der Waals surface area contributed by atoms with Crippen molar-refractivity contribution in [2.45, 2.75) is 58.3 Å². The fourth-order valence-corrected chi connectivity index (χ4v) is 2.99. The van der Waals surface area contributed by atoms with Crippen molar-refractivity contribution in [3.05, 3.63) is 28.8 Å². The molecule has 0 aliphatic heterocycles. The maximum atomic E-state index is 9.78. The van der Waals surface area contributed by atoms with Crippen LogP contribution in [-0.4, -0.2) is 5.11 Å². The number of benzene rings is 1. The molecule has 0 bridgehead atoms. The van der Waals surface area contributed by atoms with E-state index in [0.717, 1.165) is 6.42 Å². The van der Waals surface area contributed by atoms with Gasteiger partial charge in [0.05, 0.1) is 0 Å². The Morgan fingerprint density at radius 1 is 1.38 bits per heavy atom. The third kappa shape index (κ3) is 1.95. The normalized spacial score (nSPS) is 19.9. The van der Waals surface area contributed by atoms with E-state index in [0.29, 0.717) is 17.6 Å². The molecule has 88 valence electrons. The van der Waals surface area contributed by atoms with E-state index < -0.39 is 0 Å². The molecule has 16 heavy (non-hydrogen) atoms. The number of rotatable bonds is 2. The Bertz CT molecular complexity index is 379. The smallest absolute Gasteiger partial charge is 0.116 e. The minimum Gasteiger partial charge on any atom is -0.508 e. The average molecular weight is 218 g/mol. The van der Waals surface area contributed by atoms with Gasteiger partial charge in [0.25, 0.3) is 0 Å². The van der Waals surface area contributed by atoms with Crippen LogP contribution in [0.25, 0.3) is 0 Å². The summed E-state index contributed by atoms with van der Waals surface area (Å²) in [5.41, 5.74) is 4.30. The van der Waals surface area contributed by atoms with Crippen molar-refractivity contribution in [3.63, 3.8) is 0 Å². The minimum atomic E-state index is 0.444. The summed E-state index contributed by atoms with van der Waals surface area (Å²) in [5, 5.41) is 9.78. The molecule has 0 fully saturated rings. The summed E-state index contributed by atoms with van der Waals surface area (Å²) in [6.45, 7) is 6.71. The highest BCUT2D eigenvalue weighted by molar-refractivity contribution is 5.46. The van der Waals surface area contributed by atoms with Crippen molar-refractivity contribution < 1.29 is 5.11 Å². The monoisotopic (exact) mass is 218 g/mol. The first-order valence-corrected chi connectivity index (χ1v) is 6.49. The standard InChI is InChI=1S/C15H22O/c1-4-11-6-5-7-12-8-13(16)9-14(10(2)3)15(11)12/h8-11,16H,4-7H2,1-3H3. The summed E-state index contributed by atoms with van der Waals surface area (Å²) in [4.78, 5) is 0. The second kappa shape index (κ2) is 4.48. The van der Waals surface area contributed by atoms with Gasteiger partial charge in [0, 0.05) is 0 Å². The van der Waals surface area contributed by atoms with E-state index in [4.69, 9.17) is 0 Å². The van der Waals surface area contributed by atoms with Gasteiger partial charge in [0.15, 0.2) is 0 Å². The summed E-state index contributed by atoms with van der Waals surface area (Å²) >= 11 is 0. The van der Waals surface area contributed by atoms with Gasteiger partial charge in [-0.3, -0.25) is 0 Å². The number of phenols is 1. The number of fused-ring (bicyclic) bond motifs is 1. The number of phenolic OH excluding ortho intramolecular Hbond substituents is 1. The Labute approximate surface area is 98.5 Å². The van der Waals surface area contributed by atoms with E-state index in [9.17, 15) is 5.11 Å². The highest BCUT2D eigenvalue weighted by Gasteiger charge is 2.23. The van der Waals surface area contributed by atoms with Crippen LogP contribution in [0.5, 0.6) is 5.75 Å². The van der Waals surface area contributed by atoms with Crippen LogP contribution in [0.1, 0.15) is 68.6 Å². The van der Waals surface area contributed by atoms with Gasteiger partial charge in [-0.25, -0.2) is 0 Å². The van der Waals surface area contributed by atoms with Gasteiger partial charge in [-0.1, -0.05) is 20.8 Å². The Hall–Kier alpha value is -0.980. The topological polar surface area (TPSA) is 20.2 Å². The maximum Gasteiger partial charge on any atom is 0.116 e. The van der Waals surface area contributed by atoms with Crippen molar-refractivity contribution in [2.75, 3.05) is 0 Å². The van der Waals surface area contributed by atoms with Crippen molar-refractivity contribution in [1.29, 1.82) is 0 Å². The molecule has 0 amide bonds. The molecule has 0 spiro atoms. The van der Waals surface area contributed by atoms with Crippen LogP contribution in [0, 0.1) is 0 Å². The first kappa shape index (κ1) is 11.5. The summed E-state index contributed by atoms with van der Waals surface area (Å²) in [6.07, 6.45) is 4.94. The van der Waals surface area contributed by atoms with E-state index in [2.05, 4.69) is 20.8 Å². The van der Waals surface area contributed by atoms with E-state index in [1.165, 1.54) is 30.4 Å². The van der Waals surface area contributed by atoms with Crippen molar-refractivity contribution in [1.82, 2.24) is 0 Å². The van der Waals surface area contributed by atoms with Gasteiger partial charge in [-0.2, -0.15) is 0 Å². The minimum absolute atomic E-state index is 0.444. The van der Waals surface area contributed by atoms with Crippen LogP contribution < -0.4 is 0 Å². The van der Waals surface area contributed by atoms with Crippen molar-refractivity contribution in [2.24, 2.45) is 0 Å². The van der Waals surface area contributed by atoms with Gasteiger partial charge >= 0.3 is 0 Å². The molecule has 1 nitrogen and oxygen atoms in total. The van der Waals surface area contributed by atoms with Gasteiger partial charge < -0.3 is 5.11 Å². The van der Waals surface area contributed by atoms with Crippen LogP contribution in [0.15, 0.2) is 12.1 Å². The lowest BCUT2D eigenvalue weighted by atomic mass is 9.76. The van der Waals surface area contributed by atoms with Crippen LogP contribution in [0.2, 0.25) is 0 Å². The van der Waals surface area contributed by atoms with E-state index in [1.54, 1.807) is 5.56 Å². The zero-order valence-corrected chi connectivity index (χ0v) is 10.6. The third-order valence-corrected chi connectivity index (χ3v) is 3.80. The molecular weight excluding hydrogens is 196 g/mol. The highest BCUT2D eigenvalue weighted by atomic mass is 16.3. The summed E-state index contributed by atoms with van der Waals surface area (Å²) in [5.74, 6) is 1.66. The number of hydrogen-bond acceptors (Lipinski definition) is 1. The quantitative estimate of drug-likeness (QED) is 0.782. The predicted octanol–water partition coefficient (Wildman–Crippen LogP) is 4.35. The average Bonchev–Trinajstić information content (AvgIpc) is 2.26. The maximum absolute atomic E-state index is 9.78. The molecule has 1 aromatic carbocycles. The second-order valence-electron chi connectivity index (χ2n) is 5.26. The molecule has 0 aromatic heterocycles. The molecule has 0 saturated carbocycles. The molecule has 1 heteroatoms. The lowest BCUT2D eigenvalue weighted by Gasteiger charge is -2.29. The lowest BCUT2D eigenvalue weighted by Crippen LogP contribution is -2.13. The summed E-state index contributed by atoms with van der Waals surface area (Å²) < 4.78 is 0. The first-order chi connectivity index (χ1) is 7.63. The SMILES string of the molecule is CCC1CCCc2cc(O)cc(C(C)C)c21. The molecule has 1 unspecified atom stereocenters. The number of aromatic hydroxyl groups is 1. The van der Waals surface area contributed by atoms with Crippen molar-refractivity contribution >= 4 is 0 Å². The van der Waals surface area contributed by atoms with Gasteiger partial charge in [0.2, 0.25) is 0 Å². The lowest BCUT2D eigenvalue weighted by molar-refractivity contribution is 0.467. The Morgan fingerprint density at radius 2 is 2.12 bits per heavy atom. The van der Waals surface area contributed by atoms with Crippen LogP contribution >= 0.6 is 0 Å². The highest BCUT2D eigenvalue weighted by Crippen LogP contribution is 2.40. The fourth-order valence-electron chi connectivity index (χ4n) is 2.99. The van der Waals surface area contributed by atoms with Crippen LogP contribution in [-0.2, 0) is 6.42 Å². The Morgan fingerprint density at radius 3 is 2.75 bits per heavy atom. The zero-order chi connectivity index (χ0) is 11.7. The predicted molar refractivity (Wildman–Crippen MR) is 68.2 cm³/mol. The molecule has 2 rings (SSSR count). The first-order valence-electron chi connectivity index (χ1n) is 6.49. The van der Waals surface area contributed by atoms with Gasteiger partial charge in [0.1, 0.15) is 5.75 Å². The molecule has 0 saturated heterocycles. The zero-order valence-electron chi connectivity index (χ0n) is 10.6. The number of hydrogen-bond donors (Lipinski definition) is 1. The van der Waals surface area contributed by atoms with Gasteiger partial charge in [-0.15, -0.1) is 0 Å². The molecule has 1 aromatic rings. The fraction of sp³-hybridized carbons (Fsp3) is 0.600. The van der Waals surface area contributed by atoms with Crippen molar-refractivity contribution in [3.8, 4) is 5.75 Å². The summed E-state index contributed by atoms with van der Waals surface area (Å²) in [7, 11) is 0. The van der Waals surface area contributed by atoms with Crippen LogP contribution in [0.3, 0.4) is 0 Å². The third-order valence-electron chi connectivity index (χ3n) is 3.80. The van der Waals surface area contributed by atoms with Gasteiger partial charge in [-0.05, 0) is 66.3 Å². The molecule has 1 aliphatic carbocycles. The molecule has 0 heterocycles. The Balaban J connectivity index is 2.56. The molecule has 1 aliphatic rings. The summed E-state index contributed by atoms with van der Waals surface area (Å²) in [6, 6.07) is 3.94. The van der Waals surface area contributed by atoms with E-state index >= 15 is 0 Å². The Kier molecular flexibility index (Phi) is 3.22. The van der Waals surface area contributed by atoms with E-state index in [1.807, 2.05) is 12.1 Å². The molecule has 0 radical (unpaired) electrons.